The number of rotatable bonds is 8. The second kappa shape index (κ2) is 10.1. The molecule has 0 spiro atoms. The molecule has 0 radical (unpaired) electrons. The Morgan fingerprint density at radius 1 is 1.03 bits per heavy atom. The Hall–Kier alpha value is -4.60. The summed E-state index contributed by atoms with van der Waals surface area (Å²) in [5.41, 5.74) is 0.122. The summed E-state index contributed by atoms with van der Waals surface area (Å²) in [5, 5.41) is 6.73. The van der Waals surface area contributed by atoms with Crippen molar-refractivity contribution in [2.75, 3.05) is 14.2 Å². The van der Waals surface area contributed by atoms with E-state index in [1.807, 2.05) is 31.2 Å². The van der Waals surface area contributed by atoms with Crippen molar-refractivity contribution in [3.05, 3.63) is 104 Å². The number of carbonyl (C=O) groups is 1. The van der Waals surface area contributed by atoms with Crippen molar-refractivity contribution >= 4 is 5.91 Å². The molecule has 0 unspecified atom stereocenters. The van der Waals surface area contributed by atoms with E-state index in [1.54, 1.807) is 30.3 Å². The zero-order chi connectivity index (χ0) is 24.9. The number of furan rings is 1. The number of ether oxygens (including phenoxy) is 2. The molecule has 4 rings (SSSR count). The Morgan fingerprint density at radius 3 is 2.43 bits per heavy atom. The van der Waals surface area contributed by atoms with Crippen LogP contribution in [0.2, 0.25) is 0 Å². The molecule has 1 N–H and O–H groups in total. The van der Waals surface area contributed by atoms with Crippen LogP contribution in [0.15, 0.2) is 74.9 Å². The molecule has 0 aliphatic rings. The highest BCUT2D eigenvalue weighted by Gasteiger charge is 2.21. The Balaban J connectivity index is 1.82. The molecular weight excluding hydrogens is 452 g/mol. The number of nitrogens with zero attached hydrogens (tertiary/aromatic N) is 3. The predicted molar refractivity (Wildman–Crippen MR) is 127 cm³/mol. The van der Waals surface area contributed by atoms with E-state index in [0.717, 1.165) is 20.4 Å². The van der Waals surface area contributed by atoms with Crippen molar-refractivity contribution in [1.82, 2.24) is 19.7 Å². The van der Waals surface area contributed by atoms with Crippen LogP contribution < -0.4 is 26.0 Å². The zero-order valence-corrected chi connectivity index (χ0v) is 19.5. The lowest BCUT2D eigenvalue weighted by Gasteiger charge is -2.14. The molecule has 2 heterocycles. The summed E-state index contributed by atoms with van der Waals surface area (Å²) in [6.07, 6.45) is 1.48. The summed E-state index contributed by atoms with van der Waals surface area (Å²) in [7, 11) is 2.95. The maximum Gasteiger partial charge on any atom is 0.352 e. The van der Waals surface area contributed by atoms with Crippen molar-refractivity contribution in [2.45, 2.75) is 20.0 Å². The van der Waals surface area contributed by atoms with E-state index in [-0.39, 0.29) is 13.1 Å². The molecule has 1 amide bonds. The highest BCUT2D eigenvalue weighted by molar-refractivity contribution is 5.91. The van der Waals surface area contributed by atoms with Crippen LogP contribution in [0.3, 0.4) is 0 Å². The quantitative estimate of drug-likeness (QED) is 0.415. The van der Waals surface area contributed by atoms with E-state index in [0.29, 0.717) is 22.9 Å². The van der Waals surface area contributed by atoms with E-state index in [4.69, 9.17) is 13.9 Å². The minimum absolute atomic E-state index is 0.0355. The van der Waals surface area contributed by atoms with Gasteiger partial charge in [0.05, 0.1) is 39.3 Å². The molecule has 0 aliphatic carbocycles. The fourth-order valence-electron chi connectivity index (χ4n) is 3.46. The van der Waals surface area contributed by atoms with Crippen molar-refractivity contribution in [3.63, 3.8) is 0 Å². The van der Waals surface area contributed by atoms with E-state index < -0.39 is 22.9 Å². The van der Waals surface area contributed by atoms with Gasteiger partial charge < -0.3 is 19.2 Å². The first-order chi connectivity index (χ1) is 16.9. The molecule has 35 heavy (non-hydrogen) atoms. The summed E-state index contributed by atoms with van der Waals surface area (Å²) in [6.45, 7) is 1.96. The number of hydrogen-bond donors (Lipinski definition) is 1. The van der Waals surface area contributed by atoms with Crippen LogP contribution >= 0.6 is 0 Å². The van der Waals surface area contributed by atoms with Gasteiger partial charge in [-0.1, -0.05) is 29.8 Å². The van der Waals surface area contributed by atoms with Gasteiger partial charge in [-0.05, 0) is 36.8 Å². The third-order valence-corrected chi connectivity index (χ3v) is 5.35. The van der Waals surface area contributed by atoms with E-state index >= 15 is 0 Å². The molecule has 0 fully saturated rings. The highest BCUT2D eigenvalue weighted by atomic mass is 16.5. The first-order valence-corrected chi connectivity index (χ1v) is 10.7. The average Bonchev–Trinajstić information content (AvgIpc) is 3.40. The fourth-order valence-corrected chi connectivity index (χ4v) is 3.46. The molecule has 0 atom stereocenters. The molecule has 0 aliphatic heterocycles. The van der Waals surface area contributed by atoms with E-state index in [9.17, 15) is 14.4 Å². The molecule has 180 valence electrons. The number of carbonyl (C=O) groups excluding carboxylic acids is 1. The van der Waals surface area contributed by atoms with Gasteiger partial charge in [-0.25, -0.2) is 4.79 Å². The summed E-state index contributed by atoms with van der Waals surface area (Å²) in [6, 6.07) is 15.5. The smallest absolute Gasteiger partial charge is 0.352 e. The van der Waals surface area contributed by atoms with E-state index in [2.05, 4.69) is 10.4 Å². The van der Waals surface area contributed by atoms with Crippen LogP contribution in [0.25, 0.3) is 5.69 Å². The zero-order valence-electron chi connectivity index (χ0n) is 19.5. The molecule has 10 heteroatoms. The van der Waals surface area contributed by atoms with Crippen LogP contribution in [-0.2, 0) is 13.1 Å². The van der Waals surface area contributed by atoms with E-state index in [1.165, 1.54) is 20.5 Å². The Labute approximate surface area is 200 Å². The molecule has 4 aromatic rings. The second-order valence-corrected chi connectivity index (χ2v) is 7.72. The predicted octanol–water partition coefficient (Wildman–Crippen LogP) is 2.29. The summed E-state index contributed by atoms with van der Waals surface area (Å²) in [4.78, 5) is 39.5. The third kappa shape index (κ3) is 5.01. The number of aryl methyl sites for hydroxylation is 1. The maximum absolute atomic E-state index is 13.4. The van der Waals surface area contributed by atoms with Crippen molar-refractivity contribution in [2.24, 2.45) is 0 Å². The largest absolute Gasteiger partial charge is 0.493 e. The molecule has 0 bridgehead atoms. The number of hydrogen-bond acceptors (Lipinski definition) is 7. The fraction of sp³-hybridized carbons (Fsp3) is 0.200. The van der Waals surface area contributed by atoms with Crippen molar-refractivity contribution in [3.8, 4) is 17.2 Å². The topological polar surface area (TPSA) is 118 Å². The van der Waals surface area contributed by atoms with Crippen LogP contribution in [-0.4, -0.2) is 34.5 Å². The summed E-state index contributed by atoms with van der Waals surface area (Å²) < 4.78 is 17.8. The lowest BCUT2D eigenvalue weighted by molar-refractivity contribution is 0.0938. The Kier molecular flexibility index (Phi) is 6.81. The van der Waals surface area contributed by atoms with Gasteiger partial charge in [0, 0.05) is 6.07 Å². The third-order valence-electron chi connectivity index (χ3n) is 5.35. The van der Waals surface area contributed by atoms with Crippen LogP contribution in [0.4, 0.5) is 0 Å². The minimum atomic E-state index is -0.802. The average molecular weight is 476 g/mol. The van der Waals surface area contributed by atoms with Crippen LogP contribution in [0.1, 0.15) is 27.4 Å². The summed E-state index contributed by atoms with van der Waals surface area (Å²) in [5.74, 6) is 0.581. The van der Waals surface area contributed by atoms with Crippen molar-refractivity contribution in [1.29, 1.82) is 0 Å². The maximum atomic E-state index is 13.4. The first kappa shape index (κ1) is 23.6. The van der Waals surface area contributed by atoms with Gasteiger partial charge in [0.15, 0.2) is 11.5 Å². The highest BCUT2D eigenvalue weighted by Crippen LogP contribution is 2.28. The first-order valence-electron chi connectivity index (χ1n) is 10.7. The number of benzene rings is 2. The van der Waals surface area contributed by atoms with Crippen LogP contribution in [0.5, 0.6) is 11.5 Å². The number of amides is 1. The molecule has 0 saturated carbocycles. The van der Waals surface area contributed by atoms with Gasteiger partial charge in [0.2, 0.25) is 5.69 Å². The van der Waals surface area contributed by atoms with Crippen LogP contribution in [0, 0.1) is 6.92 Å². The van der Waals surface area contributed by atoms with Gasteiger partial charge in [-0.3, -0.25) is 14.2 Å². The Bertz CT molecular complexity index is 1450. The minimum Gasteiger partial charge on any atom is -0.493 e. The van der Waals surface area contributed by atoms with Gasteiger partial charge in [-0.15, -0.1) is 0 Å². The normalized spacial score (nSPS) is 10.7. The number of nitrogens with one attached hydrogen (secondary N) is 1. The number of aromatic nitrogens is 3. The van der Waals surface area contributed by atoms with Gasteiger partial charge >= 0.3 is 5.69 Å². The molecule has 2 aromatic carbocycles. The number of methoxy groups -OCH3 is 2. The monoisotopic (exact) mass is 476 g/mol. The molecule has 2 aromatic heterocycles. The Morgan fingerprint density at radius 2 is 1.77 bits per heavy atom. The van der Waals surface area contributed by atoms with Crippen molar-refractivity contribution < 1.29 is 18.7 Å². The van der Waals surface area contributed by atoms with Gasteiger partial charge in [-0.2, -0.15) is 9.78 Å². The lowest BCUT2D eigenvalue weighted by atomic mass is 10.1. The molecular formula is C25H24N4O6. The lowest BCUT2D eigenvalue weighted by Crippen LogP contribution is -2.46. The molecule has 0 saturated heterocycles. The summed E-state index contributed by atoms with van der Waals surface area (Å²) >= 11 is 0. The second-order valence-electron chi connectivity index (χ2n) is 7.72. The molecule has 10 nitrogen and oxygen atoms in total. The standard InChI is InChI=1S/C25H24N4O6/c1-16-6-8-17(9-7-16)15-28-24(31)22(23(30)26-14-19-5-4-12-35-19)27-29(25(28)32)18-10-11-20(33-2)21(13-18)34-3/h4-13H,14-15H2,1-3H3,(H,26,30). The van der Waals surface area contributed by atoms with Gasteiger partial charge in [0.1, 0.15) is 5.76 Å². The van der Waals surface area contributed by atoms with Gasteiger partial charge in [0.25, 0.3) is 11.5 Å². The SMILES string of the molecule is COc1ccc(-n2nc(C(=O)NCc3ccco3)c(=O)n(Cc3ccc(C)cc3)c2=O)cc1OC.